The smallest absolute Gasteiger partial charge is 0.248 e. The van der Waals surface area contributed by atoms with Crippen molar-refractivity contribution in [1.82, 2.24) is 45.2 Å². The number of aromatic nitrogens is 8. The van der Waals surface area contributed by atoms with Gasteiger partial charge in [-0.25, -0.2) is 0 Å². The molecule has 0 saturated heterocycles. The Morgan fingerprint density at radius 3 is 2.89 bits per heavy atom. The summed E-state index contributed by atoms with van der Waals surface area (Å²) in [4.78, 5) is 15.5. The second-order valence-corrected chi connectivity index (χ2v) is 8.59. The number of aromatic amines is 1. The highest BCUT2D eigenvalue weighted by Gasteiger charge is 2.22. The van der Waals surface area contributed by atoms with Gasteiger partial charge in [-0.1, -0.05) is 5.16 Å². The highest BCUT2D eigenvalue weighted by atomic mass is 16.5. The van der Waals surface area contributed by atoms with Crippen molar-refractivity contribution in [2.75, 3.05) is 6.54 Å². The van der Waals surface area contributed by atoms with Gasteiger partial charge in [0.25, 0.3) is 0 Å². The Balaban J connectivity index is 1.44. The first-order chi connectivity index (χ1) is 17.0. The van der Waals surface area contributed by atoms with E-state index in [2.05, 4.69) is 35.9 Å². The van der Waals surface area contributed by atoms with Crippen LogP contribution in [0.25, 0.3) is 33.8 Å². The molecule has 0 atom stereocenters. The van der Waals surface area contributed by atoms with Crippen LogP contribution >= 0.6 is 0 Å². The number of benzene rings is 1. The van der Waals surface area contributed by atoms with Gasteiger partial charge in [0.15, 0.2) is 11.6 Å². The average molecular weight is 473 g/mol. The third-order valence-corrected chi connectivity index (χ3v) is 6.31. The van der Waals surface area contributed by atoms with E-state index in [1.54, 1.807) is 23.0 Å². The molecule has 12 heteroatoms. The molecule has 0 unspecified atom stereocenters. The Morgan fingerprint density at radius 1 is 1.20 bits per heavy atom. The molecular weight excluding hydrogens is 448 g/mol. The van der Waals surface area contributed by atoms with Gasteiger partial charge in [0.2, 0.25) is 5.91 Å². The van der Waals surface area contributed by atoms with Crippen molar-refractivity contribution in [3.8, 4) is 22.9 Å². The van der Waals surface area contributed by atoms with E-state index in [-0.39, 0.29) is 0 Å². The Labute approximate surface area is 199 Å². The van der Waals surface area contributed by atoms with E-state index in [9.17, 15) is 4.79 Å². The van der Waals surface area contributed by atoms with E-state index in [4.69, 9.17) is 10.3 Å². The molecule has 0 fully saturated rings. The van der Waals surface area contributed by atoms with Crippen LogP contribution in [0.2, 0.25) is 0 Å². The number of carbonyl (C=O) groups excluding carboxylic acids is 1. The molecule has 0 spiro atoms. The van der Waals surface area contributed by atoms with E-state index in [1.165, 1.54) is 0 Å². The molecule has 0 aliphatic carbocycles. The zero-order valence-corrected chi connectivity index (χ0v) is 19.4. The lowest BCUT2D eigenvalue weighted by molar-refractivity contribution is 0.100. The van der Waals surface area contributed by atoms with Crippen LogP contribution in [0, 0.1) is 6.92 Å². The molecule has 4 N–H and O–H groups in total. The monoisotopic (exact) mass is 472 g/mol. The van der Waals surface area contributed by atoms with Crippen LogP contribution in [0.1, 0.15) is 40.0 Å². The number of H-pyrrole nitrogens is 1. The second-order valence-electron chi connectivity index (χ2n) is 8.59. The maximum Gasteiger partial charge on any atom is 0.248 e. The van der Waals surface area contributed by atoms with Crippen molar-refractivity contribution in [3.05, 3.63) is 52.7 Å². The van der Waals surface area contributed by atoms with Gasteiger partial charge in [0.1, 0.15) is 17.1 Å². The third kappa shape index (κ3) is 3.58. The molecule has 1 aliphatic rings. The first-order valence-corrected chi connectivity index (χ1v) is 11.5. The van der Waals surface area contributed by atoms with Crippen LogP contribution in [-0.2, 0) is 26.1 Å². The molecule has 1 aliphatic heterocycles. The number of nitrogens with one attached hydrogen (secondary N) is 2. The predicted octanol–water partition coefficient (Wildman–Crippen LogP) is 1.79. The summed E-state index contributed by atoms with van der Waals surface area (Å²) in [5, 5.41) is 26.2. The van der Waals surface area contributed by atoms with E-state index in [0.29, 0.717) is 42.4 Å². The fraction of sp³-hybridized carbons (Fsp3) is 0.304. The molecule has 5 heterocycles. The number of primary amides is 1. The van der Waals surface area contributed by atoms with Gasteiger partial charge in [-0.3, -0.25) is 14.2 Å². The molecule has 12 nitrogen and oxygen atoms in total. The van der Waals surface area contributed by atoms with Crippen LogP contribution in [0.4, 0.5) is 0 Å². The second kappa shape index (κ2) is 8.17. The minimum absolute atomic E-state index is 0.352. The molecule has 5 aromatic rings. The zero-order valence-electron chi connectivity index (χ0n) is 19.4. The summed E-state index contributed by atoms with van der Waals surface area (Å²) in [7, 11) is 0. The molecule has 35 heavy (non-hydrogen) atoms. The molecule has 6 rings (SSSR count). The van der Waals surface area contributed by atoms with Crippen molar-refractivity contribution in [2.45, 2.75) is 39.9 Å². The van der Waals surface area contributed by atoms with E-state index in [0.717, 1.165) is 52.3 Å². The Hall–Kier alpha value is -4.32. The average Bonchev–Trinajstić information content (AvgIpc) is 3.65. The number of aryl methyl sites for hydroxylation is 2. The van der Waals surface area contributed by atoms with Gasteiger partial charge < -0.3 is 20.6 Å². The predicted molar refractivity (Wildman–Crippen MR) is 126 cm³/mol. The Kier molecular flexibility index (Phi) is 4.95. The molecule has 1 amide bonds. The zero-order chi connectivity index (χ0) is 24.1. The molecule has 1 aromatic carbocycles. The van der Waals surface area contributed by atoms with Crippen molar-refractivity contribution in [1.29, 1.82) is 0 Å². The molecule has 0 bridgehead atoms. The fourth-order valence-electron chi connectivity index (χ4n) is 4.58. The van der Waals surface area contributed by atoms with Gasteiger partial charge >= 0.3 is 0 Å². The van der Waals surface area contributed by atoms with Crippen LogP contribution in [-0.4, -0.2) is 52.4 Å². The quantitative estimate of drug-likeness (QED) is 0.337. The SMILES string of the molecule is CCn1nc(C)cc1-c1nnc(-c2cc(C(N)=O)cc3c2cnn3Cc2noc3c2CNCC3)[nH]1. The molecule has 0 radical (unpaired) electrons. The van der Waals surface area contributed by atoms with E-state index >= 15 is 0 Å². The largest absolute Gasteiger partial charge is 0.366 e. The first kappa shape index (κ1) is 21.2. The number of nitrogens with zero attached hydrogens (tertiary/aromatic N) is 7. The normalized spacial score (nSPS) is 13.4. The van der Waals surface area contributed by atoms with E-state index in [1.807, 2.05) is 24.6 Å². The molecular formula is C23H24N10O2. The summed E-state index contributed by atoms with van der Waals surface area (Å²) in [5.74, 6) is 1.47. The van der Waals surface area contributed by atoms with Gasteiger partial charge in [-0.05, 0) is 32.0 Å². The van der Waals surface area contributed by atoms with Crippen LogP contribution < -0.4 is 11.1 Å². The summed E-state index contributed by atoms with van der Waals surface area (Å²) < 4.78 is 9.19. The lowest BCUT2D eigenvalue weighted by atomic mass is 10.0. The number of nitrogens with two attached hydrogens (primary N) is 1. The molecule has 0 saturated carbocycles. The lowest BCUT2D eigenvalue weighted by Gasteiger charge is -2.11. The maximum atomic E-state index is 12.2. The fourth-order valence-corrected chi connectivity index (χ4v) is 4.58. The van der Waals surface area contributed by atoms with E-state index < -0.39 is 5.91 Å². The highest BCUT2D eigenvalue weighted by molar-refractivity contribution is 6.02. The minimum Gasteiger partial charge on any atom is -0.366 e. The Bertz CT molecular complexity index is 1570. The van der Waals surface area contributed by atoms with Crippen molar-refractivity contribution < 1.29 is 9.32 Å². The van der Waals surface area contributed by atoms with Gasteiger partial charge in [-0.15, -0.1) is 10.2 Å². The molecule has 178 valence electrons. The lowest BCUT2D eigenvalue weighted by Crippen LogP contribution is -2.23. The summed E-state index contributed by atoms with van der Waals surface area (Å²) >= 11 is 0. The topological polar surface area (TPSA) is 158 Å². The Morgan fingerprint density at radius 2 is 2.06 bits per heavy atom. The van der Waals surface area contributed by atoms with Gasteiger partial charge in [0, 0.05) is 48.1 Å². The number of carbonyl (C=O) groups is 1. The minimum atomic E-state index is -0.539. The summed E-state index contributed by atoms with van der Waals surface area (Å²) in [6.07, 6.45) is 2.56. The summed E-state index contributed by atoms with van der Waals surface area (Å²) in [5.41, 5.74) is 11.1. The number of hydrogen-bond donors (Lipinski definition) is 3. The van der Waals surface area contributed by atoms with Crippen molar-refractivity contribution in [2.24, 2.45) is 5.73 Å². The number of amides is 1. The van der Waals surface area contributed by atoms with Crippen LogP contribution in [0.5, 0.6) is 0 Å². The summed E-state index contributed by atoms with van der Waals surface area (Å²) in [6, 6.07) is 5.41. The maximum absolute atomic E-state index is 12.2. The summed E-state index contributed by atoms with van der Waals surface area (Å²) in [6.45, 7) is 6.64. The van der Waals surface area contributed by atoms with Crippen LogP contribution in [0.3, 0.4) is 0 Å². The van der Waals surface area contributed by atoms with Crippen molar-refractivity contribution in [3.63, 3.8) is 0 Å². The highest BCUT2D eigenvalue weighted by Crippen LogP contribution is 2.30. The van der Waals surface area contributed by atoms with Crippen LogP contribution in [0.15, 0.2) is 28.9 Å². The third-order valence-electron chi connectivity index (χ3n) is 6.31. The standard InChI is InChI=1S/C23H24N10O2/c1-3-32-19(6-12(2)30-32)23-27-22(28-29-23)14-7-13(21(24)34)8-18-15(14)10-26-33(18)11-17-16-9-25-5-4-20(16)35-31-17/h6-8,10,25H,3-5,9,11H2,1-2H3,(H2,24,34)(H,27,28,29). The molecule has 4 aromatic heterocycles. The number of rotatable bonds is 6. The first-order valence-electron chi connectivity index (χ1n) is 11.5. The van der Waals surface area contributed by atoms with Gasteiger partial charge in [-0.2, -0.15) is 10.2 Å². The number of hydrogen-bond acceptors (Lipinski definition) is 8. The van der Waals surface area contributed by atoms with Crippen molar-refractivity contribution >= 4 is 16.8 Å². The van der Waals surface area contributed by atoms with Gasteiger partial charge in [0.05, 0.1) is 24.0 Å². The number of fused-ring (bicyclic) bond motifs is 2.